The number of nitrogen functional groups attached to an aromatic ring is 1. The van der Waals surface area contributed by atoms with Gasteiger partial charge in [-0.25, -0.2) is 9.97 Å². The van der Waals surface area contributed by atoms with Crippen molar-refractivity contribution in [2.75, 3.05) is 11.5 Å². The van der Waals surface area contributed by atoms with Gasteiger partial charge in [0.1, 0.15) is 5.82 Å². The first-order chi connectivity index (χ1) is 9.13. The summed E-state index contributed by atoms with van der Waals surface area (Å²) in [4.78, 5) is 20.2. The lowest BCUT2D eigenvalue weighted by Gasteiger charge is -2.22. The number of hydrogen-bond donors (Lipinski definition) is 2. The molecule has 1 aromatic rings. The minimum Gasteiger partial charge on any atom is -0.384 e. The van der Waals surface area contributed by atoms with Crippen molar-refractivity contribution in [1.29, 1.82) is 0 Å². The van der Waals surface area contributed by atoms with Crippen LogP contribution in [0.2, 0.25) is 0 Å². The van der Waals surface area contributed by atoms with E-state index in [9.17, 15) is 4.79 Å². The number of carbonyl (C=O) groups is 1. The van der Waals surface area contributed by atoms with E-state index in [1.165, 1.54) is 31.0 Å². The van der Waals surface area contributed by atoms with Crippen LogP contribution in [0, 0.1) is 6.92 Å². The summed E-state index contributed by atoms with van der Waals surface area (Å²) in [5.74, 6) is 0.850. The molecule has 0 unspecified atom stereocenters. The molecule has 19 heavy (non-hydrogen) atoms. The lowest BCUT2D eigenvalue weighted by molar-refractivity contribution is -0.119. The van der Waals surface area contributed by atoms with E-state index >= 15 is 0 Å². The largest absolute Gasteiger partial charge is 0.384 e. The first-order valence-corrected chi connectivity index (χ1v) is 7.65. The van der Waals surface area contributed by atoms with Gasteiger partial charge in [0.2, 0.25) is 5.91 Å². The molecule has 2 rings (SSSR count). The Morgan fingerprint density at radius 1 is 1.42 bits per heavy atom. The Kier molecular flexibility index (Phi) is 5.01. The van der Waals surface area contributed by atoms with E-state index < -0.39 is 0 Å². The topological polar surface area (TPSA) is 80.9 Å². The first-order valence-electron chi connectivity index (χ1n) is 6.67. The maximum atomic E-state index is 11.8. The number of carbonyl (C=O) groups excluding carboxylic acids is 1. The number of amides is 1. The van der Waals surface area contributed by atoms with Gasteiger partial charge in [0.25, 0.3) is 0 Å². The zero-order chi connectivity index (χ0) is 13.7. The number of nitrogens with zero attached hydrogens (tertiary/aromatic N) is 2. The van der Waals surface area contributed by atoms with Gasteiger partial charge in [0.05, 0.1) is 5.75 Å². The van der Waals surface area contributed by atoms with Crippen LogP contribution in [0.25, 0.3) is 0 Å². The van der Waals surface area contributed by atoms with Crippen molar-refractivity contribution in [2.24, 2.45) is 0 Å². The molecule has 1 fully saturated rings. The van der Waals surface area contributed by atoms with Crippen molar-refractivity contribution in [3.05, 3.63) is 11.8 Å². The molecule has 0 saturated heterocycles. The van der Waals surface area contributed by atoms with Crippen molar-refractivity contribution < 1.29 is 4.79 Å². The zero-order valence-corrected chi connectivity index (χ0v) is 12.0. The third-order valence-electron chi connectivity index (χ3n) is 3.16. The lowest BCUT2D eigenvalue weighted by atomic mass is 9.95. The number of aryl methyl sites for hydroxylation is 1. The van der Waals surface area contributed by atoms with Gasteiger partial charge < -0.3 is 11.1 Å². The van der Waals surface area contributed by atoms with E-state index in [0.717, 1.165) is 18.5 Å². The van der Waals surface area contributed by atoms with E-state index in [-0.39, 0.29) is 5.91 Å². The Hall–Kier alpha value is -1.30. The molecule has 0 aliphatic heterocycles. The molecular formula is C13H20N4OS. The van der Waals surface area contributed by atoms with E-state index in [1.54, 1.807) is 6.07 Å². The fourth-order valence-corrected chi connectivity index (χ4v) is 3.00. The summed E-state index contributed by atoms with van der Waals surface area (Å²) in [6, 6.07) is 2.07. The second-order valence-corrected chi connectivity index (χ2v) is 5.85. The summed E-state index contributed by atoms with van der Waals surface area (Å²) < 4.78 is 0. The normalized spacial score (nSPS) is 16.3. The van der Waals surface area contributed by atoms with Crippen LogP contribution in [0.5, 0.6) is 0 Å². The summed E-state index contributed by atoms with van der Waals surface area (Å²) >= 11 is 1.33. The van der Waals surface area contributed by atoms with Gasteiger partial charge >= 0.3 is 0 Å². The summed E-state index contributed by atoms with van der Waals surface area (Å²) in [5, 5.41) is 3.64. The molecule has 0 atom stereocenters. The number of thioether (sulfide) groups is 1. The number of nitrogens with one attached hydrogen (secondary N) is 1. The second-order valence-electron chi connectivity index (χ2n) is 4.91. The average molecular weight is 280 g/mol. The van der Waals surface area contributed by atoms with Gasteiger partial charge in [0.15, 0.2) is 5.16 Å². The second kappa shape index (κ2) is 6.75. The van der Waals surface area contributed by atoms with Gasteiger partial charge in [-0.1, -0.05) is 31.0 Å². The van der Waals surface area contributed by atoms with Crippen LogP contribution >= 0.6 is 11.8 Å². The van der Waals surface area contributed by atoms with Crippen LogP contribution in [0.3, 0.4) is 0 Å². The lowest BCUT2D eigenvalue weighted by Crippen LogP contribution is -2.37. The monoisotopic (exact) mass is 280 g/mol. The van der Waals surface area contributed by atoms with E-state index in [2.05, 4.69) is 15.3 Å². The highest BCUT2D eigenvalue weighted by molar-refractivity contribution is 7.99. The average Bonchev–Trinajstić information content (AvgIpc) is 2.36. The molecule has 0 radical (unpaired) electrons. The molecule has 0 aromatic carbocycles. The summed E-state index contributed by atoms with van der Waals surface area (Å²) in [6.45, 7) is 1.87. The third kappa shape index (κ3) is 4.70. The predicted octanol–water partition coefficient (Wildman–Crippen LogP) is 1.91. The Balaban J connectivity index is 1.79. The highest BCUT2D eigenvalue weighted by Crippen LogP contribution is 2.18. The van der Waals surface area contributed by atoms with E-state index in [4.69, 9.17) is 5.73 Å². The van der Waals surface area contributed by atoms with Crippen LogP contribution in [0.4, 0.5) is 5.82 Å². The highest BCUT2D eigenvalue weighted by Gasteiger charge is 2.16. The molecule has 1 aliphatic rings. The van der Waals surface area contributed by atoms with E-state index in [0.29, 0.717) is 22.8 Å². The van der Waals surface area contributed by atoms with Crippen LogP contribution in [0.15, 0.2) is 11.2 Å². The standard InChI is InChI=1S/C13H20N4OS/c1-9-7-11(14)17-13(15-9)19-8-12(18)16-10-5-3-2-4-6-10/h7,10H,2-6,8H2,1H3,(H,16,18)(H2,14,15,17). The Bertz CT molecular complexity index is 426. The Morgan fingerprint density at radius 2 is 2.16 bits per heavy atom. The Labute approximate surface area is 117 Å². The van der Waals surface area contributed by atoms with Crippen molar-refractivity contribution in [3.63, 3.8) is 0 Å². The minimum atomic E-state index is 0.0561. The molecule has 1 aromatic heterocycles. The smallest absolute Gasteiger partial charge is 0.230 e. The maximum absolute atomic E-state index is 11.8. The van der Waals surface area contributed by atoms with Crippen molar-refractivity contribution in [3.8, 4) is 0 Å². The summed E-state index contributed by atoms with van der Waals surface area (Å²) in [7, 11) is 0. The van der Waals surface area contributed by atoms with Gasteiger partial charge in [-0.15, -0.1) is 0 Å². The molecule has 0 spiro atoms. The van der Waals surface area contributed by atoms with Crippen LogP contribution < -0.4 is 11.1 Å². The maximum Gasteiger partial charge on any atom is 0.230 e. The molecule has 1 amide bonds. The quantitative estimate of drug-likeness (QED) is 0.650. The molecule has 104 valence electrons. The summed E-state index contributed by atoms with van der Waals surface area (Å²) in [6.07, 6.45) is 5.93. The molecule has 1 saturated carbocycles. The Morgan fingerprint density at radius 3 is 2.84 bits per heavy atom. The van der Waals surface area contributed by atoms with Crippen LogP contribution in [-0.2, 0) is 4.79 Å². The molecular weight excluding hydrogens is 260 g/mol. The van der Waals surface area contributed by atoms with Crippen molar-refractivity contribution >= 4 is 23.5 Å². The fourth-order valence-electron chi connectivity index (χ4n) is 2.28. The van der Waals surface area contributed by atoms with Gasteiger partial charge in [-0.3, -0.25) is 4.79 Å². The number of nitrogens with two attached hydrogens (primary N) is 1. The fraction of sp³-hybridized carbons (Fsp3) is 0.615. The molecule has 6 heteroatoms. The number of hydrogen-bond acceptors (Lipinski definition) is 5. The van der Waals surface area contributed by atoms with Gasteiger partial charge in [-0.05, 0) is 19.8 Å². The molecule has 1 aliphatic carbocycles. The zero-order valence-electron chi connectivity index (χ0n) is 11.2. The summed E-state index contributed by atoms with van der Waals surface area (Å²) in [5.41, 5.74) is 6.47. The van der Waals surface area contributed by atoms with Gasteiger partial charge in [-0.2, -0.15) is 0 Å². The predicted molar refractivity (Wildman–Crippen MR) is 76.9 cm³/mol. The SMILES string of the molecule is Cc1cc(N)nc(SCC(=O)NC2CCCCC2)n1. The van der Waals surface area contributed by atoms with Crippen LogP contribution in [-0.4, -0.2) is 27.7 Å². The number of rotatable bonds is 4. The van der Waals surface area contributed by atoms with Crippen LogP contribution in [0.1, 0.15) is 37.8 Å². The molecule has 0 bridgehead atoms. The minimum absolute atomic E-state index is 0.0561. The van der Waals surface area contributed by atoms with Gasteiger partial charge in [0, 0.05) is 17.8 Å². The van der Waals surface area contributed by atoms with E-state index in [1.807, 2.05) is 6.92 Å². The number of aromatic nitrogens is 2. The molecule has 1 heterocycles. The first kappa shape index (κ1) is 14.1. The van der Waals surface area contributed by atoms with Crippen molar-refractivity contribution in [1.82, 2.24) is 15.3 Å². The number of anilines is 1. The molecule has 5 nitrogen and oxygen atoms in total. The highest BCUT2D eigenvalue weighted by atomic mass is 32.2. The van der Waals surface area contributed by atoms with Crippen molar-refractivity contribution in [2.45, 2.75) is 50.2 Å². The molecule has 3 N–H and O–H groups in total. The third-order valence-corrected chi connectivity index (χ3v) is 4.00.